The highest BCUT2D eigenvalue weighted by Crippen LogP contribution is 2.56. The minimum absolute atomic E-state index is 0.145. The molecular formula is C39H43BrO3. The van der Waals surface area contributed by atoms with Crippen LogP contribution in [0.2, 0.25) is 0 Å². The van der Waals surface area contributed by atoms with E-state index in [1.807, 2.05) is 0 Å². The van der Waals surface area contributed by atoms with Crippen LogP contribution < -0.4 is 9.47 Å². The van der Waals surface area contributed by atoms with Gasteiger partial charge in [-0.25, -0.2) is 0 Å². The first-order valence-corrected chi connectivity index (χ1v) is 16.8. The van der Waals surface area contributed by atoms with E-state index in [0.29, 0.717) is 12.5 Å². The Labute approximate surface area is 265 Å². The van der Waals surface area contributed by atoms with E-state index in [2.05, 4.69) is 128 Å². The molecule has 1 fully saturated rings. The van der Waals surface area contributed by atoms with Crippen LogP contribution in [-0.4, -0.2) is 26.4 Å². The Balaban J connectivity index is 1.38. The minimum Gasteiger partial charge on any atom is -0.493 e. The highest BCUT2D eigenvalue weighted by Gasteiger charge is 2.46. The summed E-state index contributed by atoms with van der Waals surface area (Å²) in [5, 5.41) is 0. The SMILES string of the molecule is CCCCC(CC)COc1ccc(C2(c3ccc(OCC4(CC)COC4)cc3)c3ccccc3-c3ccc(Br)cc32)cc1. The van der Waals surface area contributed by atoms with Gasteiger partial charge in [-0.15, -0.1) is 0 Å². The number of unbranched alkanes of at least 4 members (excludes halogenated alkanes) is 1. The lowest BCUT2D eigenvalue weighted by atomic mass is 9.67. The molecule has 0 N–H and O–H groups in total. The summed E-state index contributed by atoms with van der Waals surface area (Å²) >= 11 is 3.80. The van der Waals surface area contributed by atoms with E-state index >= 15 is 0 Å². The van der Waals surface area contributed by atoms with Crippen LogP contribution in [-0.2, 0) is 10.2 Å². The second-order valence-electron chi connectivity index (χ2n) is 12.4. The standard InChI is InChI=1S/C39H43BrO3/c1-4-7-10-28(5-2)24-42-32-18-13-29(14-19-32)39(30-15-20-33(21-16-30)43-27-38(6-3)25-41-26-38)36-12-9-8-11-34(36)35-22-17-31(40)23-37(35)39/h8-9,11-23,28H,4-7,10,24-27H2,1-3H3. The zero-order valence-corrected chi connectivity index (χ0v) is 27.3. The van der Waals surface area contributed by atoms with Gasteiger partial charge < -0.3 is 14.2 Å². The van der Waals surface area contributed by atoms with Crippen molar-refractivity contribution in [2.24, 2.45) is 11.3 Å². The zero-order chi connectivity index (χ0) is 29.9. The molecule has 0 radical (unpaired) electrons. The normalized spacial score (nSPS) is 18.8. The molecule has 0 amide bonds. The molecular weight excluding hydrogens is 596 g/mol. The molecule has 224 valence electrons. The van der Waals surface area contributed by atoms with Crippen LogP contribution >= 0.6 is 15.9 Å². The van der Waals surface area contributed by atoms with Crippen LogP contribution in [0, 0.1) is 11.3 Å². The number of fused-ring (bicyclic) bond motifs is 3. The number of hydrogen-bond acceptors (Lipinski definition) is 3. The topological polar surface area (TPSA) is 27.7 Å². The number of ether oxygens (including phenoxy) is 3. The first-order valence-electron chi connectivity index (χ1n) is 16.0. The Morgan fingerprint density at radius 3 is 2.02 bits per heavy atom. The Bertz CT molecular complexity index is 1520. The lowest BCUT2D eigenvalue weighted by molar-refractivity contribution is -0.133. The fourth-order valence-corrected chi connectivity index (χ4v) is 7.13. The summed E-state index contributed by atoms with van der Waals surface area (Å²) in [6, 6.07) is 33.2. The van der Waals surface area contributed by atoms with Gasteiger partial charge in [0.05, 0.1) is 37.3 Å². The van der Waals surface area contributed by atoms with E-state index in [9.17, 15) is 0 Å². The average Bonchev–Trinajstić information content (AvgIpc) is 3.31. The van der Waals surface area contributed by atoms with E-state index in [1.54, 1.807) is 0 Å². The smallest absolute Gasteiger partial charge is 0.119 e. The molecule has 6 rings (SSSR count). The number of benzene rings is 4. The molecule has 0 saturated carbocycles. The van der Waals surface area contributed by atoms with Gasteiger partial charge in [0.15, 0.2) is 0 Å². The second-order valence-corrected chi connectivity index (χ2v) is 13.3. The molecule has 0 bridgehead atoms. The predicted molar refractivity (Wildman–Crippen MR) is 179 cm³/mol. The summed E-state index contributed by atoms with van der Waals surface area (Å²) < 4.78 is 19.2. The second kappa shape index (κ2) is 12.9. The maximum Gasteiger partial charge on any atom is 0.119 e. The molecule has 2 unspecified atom stereocenters. The van der Waals surface area contributed by atoms with Crippen molar-refractivity contribution in [3.8, 4) is 22.6 Å². The molecule has 2 aliphatic rings. The van der Waals surface area contributed by atoms with Crippen LogP contribution in [0.1, 0.15) is 75.1 Å². The third-order valence-corrected chi connectivity index (χ3v) is 10.2. The van der Waals surface area contributed by atoms with Gasteiger partial charge in [0.2, 0.25) is 0 Å². The average molecular weight is 640 g/mol. The Morgan fingerprint density at radius 1 is 0.767 bits per heavy atom. The maximum atomic E-state index is 6.33. The van der Waals surface area contributed by atoms with Gasteiger partial charge in [-0.05, 0) is 88.5 Å². The number of hydrogen-bond donors (Lipinski definition) is 0. The third-order valence-electron chi connectivity index (χ3n) is 9.72. The maximum absolute atomic E-state index is 6.33. The van der Waals surface area contributed by atoms with Crippen LogP contribution in [0.15, 0.2) is 95.5 Å². The number of rotatable bonds is 13. The highest BCUT2D eigenvalue weighted by atomic mass is 79.9. The molecule has 4 heteroatoms. The first kappa shape index (κ1) is 30.0. The number of halogens is 1. The van der Waals surface area contributed by atoms with Crippen LogP contribution in [0.3, 0.4) is 0 Å². The molecule has 1 heterocycles. The fourth-order valence-electron chi connectivity index (χ4n) is 6.77. The van der Waals surface area contributed by atoms with Crippen molar-refractivity contribution < 1.29 is 14.2 Å². The predicted octanol–water partition coefficient (Wildman–Crippen LogP) is 10.2. The fraction of sp³-hybridized carbons (Fsp3) is 0.385. The van der Waals surface area contributed by atoms with E-state index in [0.717, 1.165) is 48.6 Å². The molecule has 2 atom stereocenters. The van der Waals surface area contributed by atoms with Crippen molar-refractivity contribution in [1.29, 1.82) is 0 Å². The Kier molecular flexibility index (Phi) is 8.98. The Hall–Kier alpha value is -3.08. The van der Waals surface area contributed by atoms with Gasteiger partial charge in [0.25, 0.3) is 0 Å². The van der Waals surface area contributed by atoms with Gasteiger partial charge in [-0.3, -0.25) is 0 Å². The van der Waals surface area contributed by atoms with Gasteiger partial charge in [0, 0.05) is 4.47 Å². The van der Waals surface area contributed by atoms with Crippen molar-refractivity contribution in [3.63, 3.8) is 0 Å². The van der Waals surface area contributed by atoms with Crippen molar-refractivity contribution in [2.75, 3.05) is 26.4 Å². The molecule has 1 aliphatic carbocycles. The van der Waals surface area contributed by atoms with E-state index < -0.39 is 5.41 Å². The van der Waals surface area contributed by atoms with Crippen molar-refractivity contribution >= 4 is 15.9 Å². The van der Waals surface area contributed by atoms with Crippen LogP contribution in [0.5, 0.6) is 11.5 Å². The summed E-state index contributed by atoms with van der Waals surface area (Å²) in [5.41, 5.74) is 7.27. The lowest BCUT2D eigenvalue weighted by Crippen LogP contribution is -2.46. The molecule has 3 nitrogen and oxygen atoms in total. The van der Waals surface area contributed by atoms with Crippen LogP contribution in [0.4, 0.5) is 0 Å². The quantitative estimate of drug-likeness (QED) is 0.128. The molecule has 1 aliphatic heterocycles. The van der Waals surface area contributed by atoms with Gasteiger partial charge in [0.1, 0.15) is 11.5 Å². The van der Waals surface area contributed by atoms with Gasteiger partial charge in [-0.2, -0.15) is 0 Å². The molecule has 4 aromatic rings. The van der Waals surface area contributed by atoms with E-state index in [4.69, 9.17) is 14.2 Å². The molecule has 4 aromatic carbocycles. The van der Waals surface area contributed by atoms with Crippen molar-refractivity contribution in [3.05, 3.63) is 118 Å². The summed E-state index contributed by atoms with van der Waals surface area (Å²) in [7, 11) is 0. The largest absolute Gasteiger partial charge is 0.493 e. The summed E-state index contributed by atoms with van der Waals surface area (Å²) in [6.45, 7) is 9.76. The molecule has 0 aromatic heterocycles. The summed E-state index contributed by atoms with van der Waals surface area (Å²) in [4.78, 5) is 0. The molecule has 0 spiro atoms. The summed E-state index contributed by atoms with van der Waals surface area (Å²) in [5.74, 6) is 2.43. The lowest BCUT2D eigenvalue weighted by Gasteiger charge is -2.40. The summed E-state index contributed by atoms with van der Waals surface area (Å²) in [6.07, 6.45) is 5.93. The third kappa shape index (κ3) is 5.65. The van der Waals surface area contributed by atoms with Gasteiger partial charge >= 0.3 is 0 Å². The first-order chi connectivity index (χ1) is 21.0. The van der Waals surface area contributed by atoms with Gasteiger partial charge in [-0.1, -0.05) is 111 Å². The Morgan fingerprint density at radius 2 is 1.42 bits per heavy atom. The monoisotopic (exact) mass is 638 g/mol. The van der Waals surface area contributed by atoms with E-state index in [-0.39, 0.29) is 5.41 Å². The van der Waals surface area contributed by atoms with E-state index in [1.165, 1.54) is 52.6 Å². The highest BCUT2D eigenvalue weighted by molar-refractivity contribution is 9.10. The molecule has 1 saturated heterocycles. The zero-order valence-electron chi connectivity index (χ0n) is 25.7. The van der Waals surface area contributed by atoms with Crippen molar-refractivity contribution in [1.82, 2.24) is 0 Å². The molecule has 43 heavy (non-hydrogen) atoms. The van der Waals surface area contributed by atoms with Crippen molar-refractivity contribution in [2.45, 2.75) is 58.3 Å². The minimum atomic E-state index is -0.466. The van der Waals surface area contributed by atoms with Crippen LogP contribution in [0.25, 0.3) is 11.1 Å².